The maximum atomic E-state index is 12.7. The fraction of sp³-hybridized carbons (Fsp3) is 0.904. The van der Waals surface area contributed by atoms with Crippen LogP contribution in [-0.2, 0) is 28.6 Å². The zero-order valence-electron chi connectivity index (χ0n) is 39.1. The SMILES string of the molecule is CCCCCCCC/C=C\CCCCCCCCCCCC(=O)OCC(COC(=O)CCCCCCCCC)OC(=O)CCCCCCCCCCCCCCCC. The van der Waals surface area contributed by atoms with E-state index in [9.17, 15) is 14.4 Å². The Balaban J connectivity index is 4.19. The highest BCUT2D eigenvalue weighted by atomic mass is 16.6. The average Bonchev–Trinajstić information content (AvgIpc) is 3.22. The molecule has 0 heterocycles. The van der Waals surface area contributed by atoms with Crippen molar-refractivity contribution < 1.29 is 28.6 Å². The summed E-state index contributed by atoms with van der Waals surface area (Å²) in [4.78, 5) is 37.8. The molecule has 0 aromatic carbocycles. The molecule has 0 aromatic heterocycles. The highest BCUT2D eigenvalue weighted by molar-refractivity contribution is 5.71. The van der Waals surface area contributed by atoms with Crippen LogP contribution in [0.1, 0.15) is 284 Å². The molecule has 6 heteroatoms. The summed E-state index contributed by atoms with van der Waals surface area (Å²) in [5.74, 6) is -0.860. The maximum absolute atomic E-state index is 12.7. The minimum atomic E-state index is -0.762. The smallest absolute Gasteiger partial charge is 0.306 e. The first kappa shape index (κ1) is 56.1. The van der Waals surface area contributed by atoms with Crippen LogP contribution < -0.4 is 0 Å². The molecule has 0 amide bonds. The number of carbonyl (C=O) groups is 3. The van der Waals surface area contributed by atoms with Crippen LogP contribution in [0.15, 0.2) is 12.2 Å². The van der Waals surface area contributed by atoms with Crippen LogP contribution in [-0.4, -0.2) is 37.2 Å². The van der Waals surface area contributed by atoms with Crippen LogP contribution in [0.25, 0.3) is 0 Å². The molecule has 0 saturated carbocycles. The lowest BCUT2D eigenvalue weighted by Gasteiger charge is -2.18. The number of allylic oxidation sites excluding steroid dienone is 2. The molecule has 0 fully saturated rings. The van der Waals surface area contributed by atoms with E-state index in [1.165, 1.54) is 186 Å². The van der Waals surface area contributed by atoms with Gasteiger partial charge in [0.2, 0.25) is 0 Å². The van der Waals surface area contributed by atoms with E-state index < -0.39 is 6.10 Å². The number of hydrogen-bond acceptors (Lipinski definition) is 6. The minimum Gasteiger partial charge on any atom is -0.462 e. The number of esters is 3. The molecule has 0 aliphatic rings. The molecule has 0 aliphatic heterocycles. The molecular weight excluding hydrogens is 721 g/mol. The predicted octanol–water partition coefficient (Wildman–Crippen LogP) is 16.6. The molecule has 0 aliphatic carbocycles. The number of carbonyl (C=O) groups excluding carboxylic acids is 3. The molecule has 0 spiro atoms. The van der Waals surface area contributed by atoms with Crippen LogP contribution in [0.4, 0.5) is 0 Å². The second-order valence-corrected chi connectivity index (χ2v) is 17.4. The van der Waals surface area contributed by atoms with Gasteiger partial charge in [-0.05, 0) is 44.9 Å². The van der Waals surface area contributed by atoms with Crippen molar-refractivity contribution >= 4 is 17.9 Å². The van der Waals surface area contributed by atoms with Gasteiger partial charge in [-0.1, -0.05) is 232 Å². The van der Waals surface area contributed by atoms with Gasteiger partial charge in [-0.25, -0.2) is 0 Å². The van der Waals surface area contributed by atoms with Crippen molar-refractivity contribution in [1.82, 2.24) is 0 Å². The zero-order chi connectivity index (χ0) is 42.3. The molecule has 0 aromatic rings. The highest BCUT2D eigenvalue weighted by Crippen LogP contribution is 2.16. The van der Waals surface area contributed by atoms with Gasteiger partial charge in [0.15, 0.2) is 6.10 Å². The molecule has 0 saturated heterocycles. The van der Waals surface area contributed by atoms with Gasteiger partial charge in [-0.3, -0.25) is 14.4 Å². The second kappa shape index (κ2) is 47.8. The van der Waals surface area contributed by atoms with Crippen LogP contribution in [0, 0.1) is 0 Å². The summed E-state index contributed by atoms with van der Waals surface area (Å²) in [5.41, 5.74) is 0. The van der Waals surface area contributed by atoms with E-state index in [0.29, 0.717) is 19.3 Å². The van der Waals surface area contributed by atoms with Gasteiger partial charge in [-0.15, -0.1) is 0 Å². The third kappa shape index (κ3) is 45.2. The molecule has 342 valence electrons. The Morgan fingerprint density at radius 1 is 0.328 bits per heavy atom. The monoisotopic (exact) mass is 819 g/mol. The second-order valence-electron chi connectivity index (χ2n) is 17.4. The first-order valence-electron chi connectivity index (χ1n) is 25.7. The number of unbranched alkanes of at least 4 members (excludes halogenated alkanes) is 34. The van der Waals surface area contributed by atoms with E-state index in [4.69, 9.17) is 14.2 Å². The third-order valence-electron chi connectivity index (χ3n) is 11.5. The Bertz CT molecular complexity index is 900. The van der Waals surface area contributed by atoms with Crippen molar-refractivity contribution in [3.05, 3.63) is 12.2 Å². The topological polar surface area (TPSA) is 78.9 Å². The lowest BCUT2D eigenvalue weighted by molar-refractivity contribution is -0.167. The molecule has 58 heavy (non-hydrogen) atoms. The van der Waals surface area contributed by atoms with Gasteiger partial charge >= 0.3 is 17.9 Å². The Hall–Kier alpha value is -1.85. The highest BCUT2D eigenvalue weighted by Gasteiger charge is 2.19. The summed E-state index contributed by atoms with van der Waals surface area (Å²) in [5, 5.41) is 0. The number of hydrogen-bond donors (Lipinski definition) is 0. The first-order chi connectivity index (χ1) is 28.5. The number of rotatable bonds is 47. The van der Waals surface area contributed by atoms with Crippen LogP contribution in [0.5, 0.6) is 0 Å². The molecule has 0 N–H and O–H groups in total. The van der Waals surface area contributed by atoms with Gasteiger partial charge in [-0.2, -0.15) is 0 Å². The zero-order valence-corrected chi connectivity index (χ0v) is 39.1. The average molecular weight is 819 g/mol. The van der Waals surface area contributed by atoms with Gasteiger partial charge in [0.25, 0.3) is 0 Å². The summed E-state index contributed by atoms with van der Waals surface area (Å²) in [7, 11) is 0. The molecule has 0 radical (unpaired) electrons. The van der Waals surface area contributed by atoms with Crippen LogP contribution in [0.2, 0.25) is 0 Å². The number of ether oxygens (including phenoxy) is 3. The molecule has 1 unspecified atom stereocenters. The Labute approximate surface area is 360 Å². The summed E-state index contributed by atoms with van der Waals surface area (Å²) >= 11 is 0. The minimum absolute atomic E-state index is 0.0664. The standard InChI is InChI=1S/C52H98O6/c1-4-7-10-13-16-18-20-22-24-25-26-27-28-30-31-33-36-39-42-45-51(54)57-48-49(47-56-50(53)44-41-38-35-15-12-9-6-3)58-52(55)46-43-40-37-34-32-29-23-21-19-17-14-11-8-5-2/h22,24,49H,4-21,23,25-48H2,1-3H3/b24-22-. The Morgan fingerprint density at radius 2 is 0.569 bits per heavy atom. The summed E-state index contributed by atoms with van der Waals surface area (Å²) in [6.45, 7) is 6.62. The van der Waals surface area contributed by atoms with Crippen molar-refractivity contribution in [2.24, 2.45) is 0 Å². The fourth-order valence-electron chi connectivity index (χ4n) is 7.61. The molecule has 0 rings (SSSR count). The van der Waals surface area contributed by atoms with Crippen LogP contribution in [0.3, 0.4) is 0 Å². The molecule has 0 bridgehead atoms. The first-order valence-corrected chi connectivity index (χ1v) is 25.7. The van der Waals surface area contributed by atoms with Crippen molar-refractivity contribution in [2.75, 3.05) is 13.2 Å². The Morgan fingerprint density at radius 3 is 0.862 bits per heavy atom. The summed E-state index contributed by atoms with van der Waals surface area (Å²) in [6, 6.07) is 0. The van der Waals surface area contributed by atoms with Crippen molar-refractivity contribution in [1.29, 1.82) is 0 Å². The van der Waals surface area contributed by atoms with E-state index in [1.54, 1.807) is 0 Å². The normalized spacial score (nSPS) is 12.0. The molecular formula is C52H98O6. The van der Waals surface area contributed by atoms with Crippen molar-refractivity contribution in [3.63, 3.8) is 0 Å². The molecule has 6 nitrogen and oxygen atoms in total. The maximum Gasteiger partial charge on any atom is 0.306 e. The van der Waals surface area contributed by atoms with Gasteiger partial charge in [0.05, 0.1) is 0 Å². The van der Waals surface area contributed by atoms with Crippen molar-refractivity contribution in [3.8, 4) is 0 Å². The Kier molecular flexibility index (Phi) is 46.3. The summed E-state index contributed by atoms with van der Waals surface area (Å²) < 4.78 is 16.7. The largest absolute Gasteiger partial charge is 0.462 e. The summed E-state index contributed by atoms with van der Waals surface area (Å²) in [6.07, 6.45) is 52.1. The van der Waals surface area contributed by atoms with Gasteiger partial charge in [0.1, 0.15) is 13.2 Å². The van der Waals surface area contributed by atoms with Gasteiger partial charge < -0.3 is 14.2 Å². The van der Waals surface area contributed by atoms with Crippen LogP contribution >= 0.6 is 0 Å². The van der Waals surface area contributed by atoms with E-state index in [2.05, 4.69) is 32.9 Å². The van der Waals surface area contributed by atoms with E-state index in [0.717, 1.165) is 57.8 Å². The van der Waals surface area contributed by atoms with Gasteiger partial charge in [0, 0.05) is 19.3 Å². The predicted molar refractivity (Wildman–Crippen MR) is 247 cm³/mol. The van der Waals surface area contributed by atoms with E-state index >= 15 is 0 Å². The lowest BCUT2D eigenvalue weighted by Crippen LogP contribution is -2.30. The van der Waals surface area contributed by atoms with Crippen molar-refractivity contribution in [2.45, 2.75) is 290 Å². The quantitative estimate of drug-likeness (QED) is 0.0263. The lowest BCUT2D eigenvalue weighted by atomic mass is 10.0. The molecule has 1 atom stereocenters. The fourth-order valence-corrected chi connectivity index (χ4v) is 7.61. The van der Waals surface area contributed by atoms with E-state index in [-0.39, 0.29) is 31.1 Å². The van der Waals surface area contributed by atoms with E-state index in [1.807, 2.05) is 0 Å². The third-order valence-corrected chi connectivity index (χ3v) is 11.5.